The molecule has 2 bridgehead atoms. The predicted octanol–water partition coefficient (Wildman–Crippen LogP) is -0.404. The Morgan fingerprint density at radius 3 is 3.25 bits per heavy atom. The maximum Gasteiger partial charge on any atom is 0.349 e. The van der Waals surface area contributed by atoms with Crippen LogP contribution in [0.15, 0.2) is 22.1 Å². The van der Waals surface area contributed by atoms with Gasteiger partial charge in [0.05, 0.1) is 13.2 Å². The summed E-state index contributed by atoms with van der Waals surface area (Å²) in [5.74, 6) is 0. The van der Waals surface area contributed by atoms with E-state index in [2.05, 4.69) is 17.6 Å². The van der Waals surface area contributed by atoms with Gasteiger partial charge in [-0.3, -0.25) is 4.57 Å². The number of methoxy groups -OCH3 is 1. The van der Waals surface area contributed by atoms with E-state index in [-0.39, 0.29) is 6.61 Å². The van der Waals surface area contributed by atoms with Crippen LogP contribution in [0.4, 0.5) is 0 Å². The Morgan fingerprint density at radius 2 is 2.50 bits per heavy atom. The van der Waals surface area contributed by atoms with E-state index in [9.17, 15) is 9.90 Å². The molecule has 0 radical (unpaired) electrons. The van der Waals surface area contributed by atoms with Crippen molar-refractivity contribution in [3.63, 3.8) is 0 Å². The number of nitrogens with zero attached hydrogens (tertiary/aromatic N) is 2. The van der Waals surface area contributed by atoms with Crippen molar-refractivity contribution in [1.82, 2.24) is 9.55 Å². The summed E-state index contributed by atoms with van der Waals surface area (Å²) in [7, 11) is 1.55. The van der Waals surface area contributed by atoms with Crippen LogP contribution in [0.1, 0.15) is 12.6 Å². The van der Waals surface area contributed by atoms with Crippen molar-refractivity contribution in [2.45, 2.75) is 35.4 Å². The van der Waals surface area contributed by atoms with Crippen LogP contribution >= 0.6 is 12.6 Å². The minimum atomic E-state index is -0.850. The van der Waals surface area contributed by atoms with Gasteiger partial charge in [0.15, 0.2) is 6.23 Å². The molecule has 1 N–H and O–H groups in total. The lowest BCUT2D eigenvalue weighted by Gasteiger charge is -2.34. The molecule has 7 nitrogen and oxygen atoms in total. The van der Waals surface area contributed by atoms with Crippen molar-refractivity contribution in [3.05, 3.63) is 22.9 Å². The first kappa shape index (κ1) is 14.0. The average molecular weight is 300 g/mol. The van der Waals surface area contributed by atoms with Gasteiger partial charge in [-0.15, -0.1) is 12.6 Å². The molecule has 0 amide bonds. The van der Waals surface area contributed by atoms with E-state index in [4.69, 9.17) is 14.2 Å². The Labute approximate surface area is 120 Å². The number of hydrogen-bond donors (Lipinski definition) is 2. The van der Waals surface area contributed by atoms with Gasteiger partial charge < -0.3 is 19.3 Å². The second-order valence-electron chi connectivity index (χ2n) is 5.04. The van der Waals surface area contributed by atoms with Gasteiger partial charge in [0.1, 0.15) is 17.8 Å². The van der Waals surface area contributed by atoms with Gasteiger partial charge in [-0.1, -0.05) is 0 Å². The van der Waals surface area contributed by atoms with Crippen molar-refractivity contribution in [2.75, 3.05) is 20.3 Å². The maximum absolute atomic E-state index is 11.9. The van der Waals surface area contributed by atoms with Crippen LogP contribution in [0.25, 0.3) is 0 Å². The Bertz CT molecular complexity index is 561. The number of thiol groups is 1. The first-order chi connectivity index (χ1) is 9.57. The molecule has 20 heavy (non-hydrogen) atoms. The molecule has 2 fully saturated rings. The molecule has 1 aromatic heterocycles. The van der Waals surface area contributed by atoms with Gasteiger partial charge in [0, 0.05) is 30.8 Å². The minimum absolute atomic E-state index is 0.243. The standard InChI is InChI=1S/C12H16N2O5S/c1-17-6-12-2-3-18-8(9(12)15)10(19-12)14-5-7(20)4-13-11(14)16/h4-5,8-10,15,20H,2-3,6H2,1H3/t8?,9?,10-,12-/m1/s1. The molecule has 3 rings (SSSR count). The van der Waals surface area contributed by atoms with Crippen molar-refractivity contribution >= 4 is 12.6 Å². The summed E-state index contributed by atoms with van der Waals surface area (Å²) in [6.45, 7) is 0.692. The summed E-state index contributed by atoms with van der Waals surface area (Å²) in [6.07, 6.45) is 1.21. The zero-order chi connectivity index (χ0) is 14.3. The molecule has 0 saturated carbocycles. The molecule has 2 unspecified atom stereocenters. The Balaban J connectivity index is 1.99. The molecule has 2 aliphatic heterocycles. The number of ether oxygens (including phenoxy) is 3. The van der Waals surface area contributed by atoms with Crippen LogP contribution in [0.2, 0.25) is 0 Å². The van der Waals surface area contributed by atoms with E-state index >= 15 is 0 Å². The molecule has 0 spiro atoms. The largest absolute Gasteiger partial charge is 0.387 e. The van der Waals surface area contributed by atoms with Gasteiger partial charge in [-0.2, -0.15) is 0 Å². The summed E-state index contributed by atoms with van der Waals surface area (Å²) in [6, 6.07) is 0. The SMILES string of the molecule is COC[C@]12CCOC(C1O)[C@H](n1cc(S)cnc1=O)O2. The predicted molar refractivity (Wildman–Crippen MR) is 70.8 cm³/mol. The van der Waals surface area contributed by atoms with Crippen LogP contribution < -0.4 is 5.69 Å². The molecular weight excluding hydrogens is 284 g/mol. The van der Waals surface area contributed by atoms with E-state index in [1.807, 2.05) is 0 Å². The van der Waals surface area contributed by atoms with Crippen LogP contribution in [0, 0.1) is 0 Å². The van der Waals surface area contributed by atoms with Gasteiger partial charge in [0.2, 0.25) is 0 Å². The number of hydrogen-bond acceptors (Lipinski definition) is 7. The number of aromatic nitrogens is 2. The molecular formula is C12H16N2O5S. The molecule has 8 heteroatoms. The lowest BCUT2D eigenvalue weighted by Crippen LogP contribution is -2.51. The summed E-state index contributed by atoms with van der Waals surface area (Å²) >= 11 is 4.17. The Morgan fingerprint density at radius 1 is 1.70 bits per heavy atom. The lowest BCUT2D eigenvalue weighted by molar-refractivity contribution is -0.149. The highest BCUT2D eigenvalue weighted by Crippen LogP contribution is 2.44. The fourth-order valence-electron chi connectivity index (χ4n) is 2.83. The van der Waals surface area contributed by atoms with Crippen molar-refractivity contribution < 1.29 is 19.3 Å². The third-order valence-corrected chi connectivity index (χ3v) is 4.02. The molecule has 0 aromatic carbocycles. The first-order valence-corrected chi connectivity index (χ1v) is 6.76. The van der Waals surface area contributed by atoms with E-state index in [0.29, 0.717) is 17.9 Å². The second kappa shape index (κ2) is 5.12. The van der Waals surface area contributed by atoms with Crippen LogP contribution in [-0.2, 0) is 14.2 Å². The van der Waals surface area contributed by atoms with Gasteiger partial charge in [-0.05, 0) is 0 Å². The van der Waals surface area contributed by atoms with Gasteiger partial charge >= 0.3 is 5.69 Å². The first-order valence-electron chi connectivity index (χ1n) is 6.31. The normalized spacial score (nSPS) is 36.2. The van der Waals surface area contributed by atoms with E-state index in [0.717, 1.165) is 0 Å². The summed E-state index contributed by atoms with van der Waals surface area (Å²) in [5.41, 5.74) is -1.31. The second-order valence-corrected chi connectivity index (χ2v) is 5.55. The monoisotopic (exact) mass is 300 g/mol. The van der Waals surface area contributed by atoms with Crippen molar-refractivity contribution in [2.24, 2.45) is 0 Å². The Kier molecular flexibility index (Phi) is 3.59. The van der Waals surface area contributed by atoms with E-state index < -0.39 is 29.7 Å². The van der Waals surface area contributed by atoms with Crippen molar-refractivity contribution in [1.29, 1.82) is 0 Å². The summed E-state index contributed by atoms with van der Waals surface area (Å²) < 4.78 is 18.0. The molecule has 4 atom stereocenters. The fourth-order valence-corrected chi connectivity index (χ4v) is 3.02. The smallest absolute Gasteiger partial charge is 0.349 e. The average Bonchev–Trinajstić information content (AvgIpc) is 2.59. The summed E-state index contributed by atoms with van der Waals surface area (Å²) in [5, 5.41) is 10.4. The number of fused-ring (bicyclic) bond motifs is 2. The zero-order valence-corrected chi connectivity index (χ0v) is 11.8. The van der Waals surface area contributed by atoms with Crippen LogP contribution in [0.3, 0.4) is 0 Å². The fraction of sp³-hybridized carbons (Fsp3) is 0.667. The molecule has 3 heterocycles. The highest BCUT2D eigenvalue weighted by atomic mass is 32.1. The van der Waals surface area contributed by atoms with Crippen LogP contribution in [-0.4, -0.2) is 52.8 Å². The zero-order valence-electron chi connectivity index (χ0n) is 10.9. The lowest BCUT2D eigenvalue weighted by atomic mass is 9.90. The molecule has 1 aromatic rings. The third-order valence-electron chi connectivity index (χ3n) is 3.78. The number of aliphatic hydroxyl groups is 1. The van der Waals surface area contributed by atoms with Crippen LogP contribution in [0.5, 0.6) is 0 Å². The topological polar surface area (TPSA) is 82.8 Å². The molecule has 2 aliphatic rings. The van der Waals surface area contributed by atoms with E-state index in [1.54, 1.807) is 7.11 Å². The van der Waals surface area contributed by atoms with Gasteiger partial charge in [-0.25, -0.2) is 9.78 Å². The number of aliphatic hydroxyl groups excluding tert-OH is 1. The quantitative estimate of drug-likeness (QED) is 0.739. The summed E-state index contributed by atoms with van der Waals surface area (Å²) in [4.78, 5) is 16.1. The highest BCUT2D eigenvalue weighted by molar-refractivity contribution is 7.80. The Hall–Kier alpha value is -0.930. The third kappa shape index (κ3) is 2.08. The van der Waals surface area contributed by atoms with Gasteiger partial charge in [0.25, 0.3) is 0 Å². The molecule has 0 aliphatic carbocycles. The van der Waals surface area contributed by atoms with E-state index in [1.165, 1.54) is 17.0 Å². The minimum Gasteiger partial charge on any atom is -0.387 e. The highest BCUT2D eigenvalue weighted by Gasteiger charge is 2.58. The molecule has 2 saturated heterocycles. The van der Waals surface area contributed by atoms with Crippen molar-refractivity contribution in [3.8, 4) is 0 Å². The molecule has 110 valence electrons. The maximum atomic E-state index is 11.9. The number of rotatable bonds is 3.